The Kier molecular flexibility index (Phi) is 6.10. The third-order valence-electron chi connectivity index (χ3n) is 6.99. The number of hydrogen-bond acceptors (Lipinski definition) is 4. The average Bonchev–Trinajstić information content (AvgIpc) is 3.04. The van der Waals surface area contributed by atoms with Gasteiger partial charge in [0.05, 0.1) is 0 Å². The molecule has 138 valence electrons. The van der Waals surface area contributed by atoms with Gasteiger partial charge in [-0.1, -0.05) is 25.7 Å². The highest BCUT2D eigenvalue weighted by atomic mass is 16.5. The summed E-state index contributed by atoms with van der Waals surface area (Å²) in [6.07, 6.45) is 15.5. The fourth-order valence-electron chi connectivity index (χ4n) is 5.55. The van der Waals surface area contributed by atoms with E-state index in [-0.39, 0.29) is 6.23 Å². The van der Waals surface area contributed by atoms with E-state index in [2.05, 4.69) is 15.3 Å². The van der Waals surface area contributed by atoms with E-state index in [1.54, 1.807) is 0 Å². The Hall–Kier alpha value is -0.160. The second-order valence-corrected chi connectivity index (χ2v) is 8.67. The first-order chi connectivity index (χ1) is 11.9. The van der Waals surface area contributed by atoms with Crippen LogP contribution in [0.2, 0.25) is 0 Å². The van der Waals surface area contributed by atoms with E-state index in [4.69, 9.17) is 4.74 Å². The highest BCUT2D eigenvalue weighted by Crippen LogP contribution is 2.36. The summed E-state index contributed by atoms with van der Waals surface area (Å²) < 4.78 is 6.10. The molecule has 24 heavy (non-hydrogen) atoms. The molecule has 4 rings (SSSR count). The van der Waals surface area contributed by atoms with Crippen LogP contribution in [0.4, 0.5) is 0 Å². The summed E-state index contributed by atoms with van der Waals surface area (Å²) >= 11 is 0. The van der Waals surface area contributed by atoms with Crippen molar-refractivity contribution in [1.29, 1.82) is 0 Å². The van der Waals surface area contributed by atoms with Gasteiger partial charge in [0, 0.05) is 32.2 Å². The van der Waals surface area contributed by atoms with Crippen molar-refractivity contribution >= 4 is 0 Å². The number of unbranched alkanes of at least 4 members (excludes halogenated alkanes) is 1. The summed E-state index contributed by atoms with van der Waals surface area (Å²) in [4.78, 5) is 2.74. The number of nitrogens with one attached hydrogen (secondary N) is 1. The maximum absolute atomic E-state index is 6.10. The molecule has 4 heteroatoms. The number of hydrazine groups is 1. The van der Waals surface area contributed by atoms with Gasteiger partial charge in [0.1, 0.15) is 6.23 Å². The Morgan fingerprint density at radius 2 is 1.75 bits per heavy atom. The first-order valence-electron chi connectivity index (χ1n) is 10.8. The van der Waals surface area contributed by atoms with Crippen molar-refractivity contribution in [1.82, 2.24) is 15.3 Å². The normalized spacial score (nSPS) is 38.0. The Morgan fingerprint density at radius 3 is 2.67 bits per heavy atom. The molecule has 0 amide bonds. The molecule has 4 atom stereocenters. The molecule has 1 N–H and O–H groups in total. The summed E-state index contributed by atoms with van der Waals surface area (Å²) in [6, 6.07) is 0.737. The van der Waals surface area contributed by atoms with Crippen molar-refractivity contribution in [2.24, 2.45) is 11.8 Å². The highest BCUT2D eigenvalue weighted by molar-refractivity contribution is 4.84. The zero-order valence-electron chi connectivity index (χ0n) is 15.4. The van der Waals surface area contributed by atoms with E-state index in [9.17, 15) is 0 Å². The third-order valence-corrected chi connectivity index (χ3v) is 6.99. The molecule has 0 aromatic heterocycles. The molecule has 2 unspecified atom stereocenters. The molecule has 4 aliphatic rings. The fraction of sp³-hybridized carbons (Fsp3) is 1.00. The largest absolute Gasteiger partial charge is 0.362 e. The van der Waals surface area contributed by atoms with Crippen LogP contribution in [-0.2, 0) is 4.74 Å². The van der Waals surface area contributed by atoms with Crippen molar-refractivity contribution in [3.63, 3.8) is 0 Å². The maximum atomic E-state index is 6.10. The van der Waals surface area contributed by atoms with E-state index in [0.29, 0.717) is 0 Å². The van der Waals surface area contributed by atoms with Gasteiger partial charge in [-0.25, -0.2) is 10.4 Å². The molecular weight excluding hydrogens is 298 g/mol. The minimum Gasteiger partial charge on any atom is -0.362 e. The highest BCUT2D eigenvalue weighted by Gasteiger charge is 2.33. The smallest absolute Gasteiger partial charge is 0.122 e. The second kappa shape index (κ2) is 8.48. The summed E-state index contributed by atoms with van der Waals surface area (Å²) in [5, 5.41) is 2.43. The van der Waals surface area contributed by atoms with Crippen molar-refractivity contribution < 1.29 is 4.74 Å². The van der Waals surface area contributed by atoms with Gasteiger partial charge in [-0.05, 0) is 63.5 Å². The van der Waals surface area contributed by atoms with E-state index < -0.39 is 0 Å². The van der Waals surface area contributed by atoms with Crippen LogP contribution in [0, 0.1) is 11.8 Å². The van der Waals surface area contributed by atoms with Gasteiger partial charge < -0.3 is 9.64 Å². The van der Waals surface area contributed by atoms with Gasteiger partial charge in [0.15, 0.2) is 0 Å². The first-order valence-corrected chi connectivity index (χ1v) is 10.8. The van der Waals surface area contributed by atoms with Crippen molar-refractivity contribution in [2.75, 3.05) is 32.8 Å². The third kappa shape index (κ3) is 4.32. The number of likely N-dealkylation sites (tertiary alicyclic amines) is 1. The summed E-state index contributed by atoms with van der Waals surface area (Å²) in [5.41, 5.74) is 3.56. The predicted octanol–water partition coefficient (Wildman–Crippen LogP) is 3.38. The fourth-order valence-corrected chi connectivity index (χ4v) is 5.55. The Morgan fingerprint density at radius 1 is 0.875 bits per heavy atom. The number of fused-ring (bicyclic) bond motifs is 2. The summed E-state index contributed by atoms with van der Waals surface area (Å²) in [5.74, 6) is 2.08. The number of hydrogen-bond donors (Lipinski definition) is 1. The van der Waals surface area contributed by atoms with Crippen LogP contribution in [0.5, 0.6) is 0 Å². The molecule has 0 spiro atoms. The molecule has 0 bridgehead atoms. The molecule has 4 nitrogen and oxygen atoms in total. The van der Waals surface area contributed by atoms with Crippen molar-refractivity contribution in [3.8, 4) is 0 Å². The van der Waals surface area contributed by atoms with Crippen LogP contribution in [0.1, 0.15) is 70.6 Å². The lowest BCUT2D eigenvalue weighted by Gasteiger charge is -2.41. The standard InChI is InChI=1S/C20H37N3O/c1-2-8-18-16-22(13-10-17(18)7-1)11-5-6-14-24-20-15-19-9-3-4-12-23(19)21-20/h17-21H,1-16H2/t17-,18-,19?,20?/m1/s1. The quantitative estimate of drug-likeness (QED) is 0.753. The predicted molar refractivity (Wildman–Crippen MR) is 97.6 cm³/mol. The molecule has 3 saturated heterocycles. The topological polar surface area (TPSA) is 27.7 Å². The lowest BCUT2D eigenvalue weighted by Crippen LogP contribution is -2.43. The molecule has 3 heterocycles. The van der Waals surface area contributed by atoms with Crippen molar-refractivity contribution in [2.45, 2.75) is 82.9 Å². The SMILES string of the molecule is C(CCN1CC[C@H]2CCCC[C@@H]2C1)COC1CC2CCCCN2N1. The number of rotatable bonds is 6. The van der Waals surface area contributed by atoms with Crippen LogP contribution in [0.25, 0.3) is 0 Å². The van der Waals surface area contributed by atoms with Gasteiger partial charge >= 0.3 is 0 Å². The number of ether oxygens (including phenoxy) is 1. The van der Waals surface area contributed by atoms with Crippen LogP contribution in [-0.4, -0.2) is 55.0 Å². The first kappa shape index (κ1) is 17.3. The van der Waals surface area contributed by atoms with Crippen LogP contribution in [0.3, 0.4) is 0 Å². The summed E-state index contributed by atoms with van der Waals surface area (Å²) in [7, 11) is 0. The van der Waals surface area contributed by atoms with E-state index in [0.717, 1.165) is 24.5 Å². The molecular formula is C20H37N3O. The lowest BCUT2D eigenvalue weighted by atomic mass is 9.75. The van der Waals surface area contributed by atoms with E-state index in [1.165, 1.54) is 96.8 Å². The zero-order valence-corrected chi connectivity index (χ0v) is 15.4. The molecule has 0 radical (unpaired) electrons. The lowest BCUT2D eigenvalue weighted by molar-refractivity contribution is 0.0115. The number of nitrogens with zero attached hydrogens (tertiary/aromatic N) is 2. The minimum absolute atomic E-state index is 0.283. The van der Waals surface area contributed by atoms with Gasteiger partial charge in [-0.2, -0.15) is 0 Å². The van der Waals surface area contributed by atoms with E-state index >= 15 is 0 Å². The van der Waals surface area contributed by atoms with E-state index in [1.807, 2.05) is 0 Å². The number of piperidine rings is 2. The van der Waals surface area contributed by atoms with Gasteiger partial charge in [0.25, 0.3) is 0 Å². The molecule has 0 aromatic carbocycles. The van der Waals surface area contributed by atoms with Gasteiger partial charge in [-0.3, -0.25) is 0 Å². The zero-order chi connectivity index (χ0) is 16.2. The van der Waals surface area contributed by atoms with Crippen molar-refractivity contribution in [3.05, 3.63) is 0 Å². The minimum atomic E-state index is 0.283. The average molecular weight is 336 g/mol. The molecule has 1 saturated carbocycles. The summed E-state index contributed by atoms with van der Waals surface area (Å²) in [6.45, 7) is 6.16. The molecule has 1 aliphatic carbocycles. The molecule has 3 aliphatic heterocycles. The molecule has 0 aromatic rings. The maximum Gasteiger partial charge on any atom is 0.122 e. The Labute approximate surface area is 148 Å². The Bertz CT molecular complexity index is 377. The van der Waals surface area contributed by atoms with Crippen LogP contribution in [0.15, 0.2) is 0 Å². The van der Waals surface area contributed by atoms with Crippen LogP contribution >= 0.6 is 0 Å². The second-order valence-electron chi connectivity index (χ2n) is 8.67. The van der Waals surface area contributed by atoms with Gasteiger partial charge in [-0.15, -0.1) is 0 Å². The van der Waals surface area contributed by atoms with Gasteiger partial charge in [0.2, 0.25) is 0 Å². The monoisotopic (exact) mass is 335 g/mol. The van der Waals surface area contributed by atoms with Crippen LogP contribution < -0.4 is 5.43 Å². The Balaban J connectivity index is 1.07. The molecule has 4 fully saturated rings.